The van der Waals surface area contributed by atoms with Crippen LogP contribution in [0.5, 0.6) is 0 Å². The molecule has 0 saturated carbocycles. The second kappa shape index (κ2) is 10.6. The summed E-state index contributed by atoms with van der Waals surface area (Å²) in [7, 11) is 0. The summed E-state index contributed by atoms with van der Waals surface area (Å²) in [5.41, 5.74) is 3.05. The van der Waals surface area contributed by atoms with Crippen molar-refractivity contribution in [3.05, 3.63) is 57.2 Å². The Morgan fingerprint density at radius 2 is 2.00 bits per heavy atom. The van der Waals surface area contributed by atoms with E-state index in [4.69, 9.17) is 16.6 Å². The van der Waals surface area contributed by atoms with Crippen molar-refractivity contribution in [2.75, 3.05) is 19.6 Å². The molecule has 1 atom stereocenters. The third kappa shape index (κ3) is 5.21. The van der Waals surface area contributed by atoms with Crippen molar-refractivity contribution in [1.82, 2.24) is 15.1 Å². The van der Waals surface area contributed by atoms with Crippen LogP contribution >= 0.6 is 23.4 Å². The number of hydrogen-bond donors (Lipinski definition) is 1. The molecule has 2 amide bonds. The first kappa shape index (κ1) is 24.4. The Kier molecular flexibility index (Phi) is 8.06. The average molecular weight is 475 g/mol. The minimum Gasteiger partial charge on any atom is -0.356 e. The van der Waals surface area contributed by atoms with Crippen molar-refractivity contribution >= 4 is 40.3 Å². The molecule has 1 aromatic rings. The number of allylic oxidation sites excluding steroid dienone is 1. The summed E-state index contributed by atoms with van der Waals surface area (Å²) >= 11 is 7.82. The van der Waals surface area contributed by atoms with Crippen molar-refractivity contribution in [2.24, 2.45) is 10.9 Å². The van der Waals surface area contributed by atoms with Gasteiger partial charge in [-0.1, -0.05) is 49.3 Å². The molecule has 172 valence electrons. The maximum absolute atomic E-state index is 13.6. The Labute approximate surface area is 199 Å². The Morgan fingerprint density at radius 1 is 1.28 bits per heavy atom. The standard InChI is InChI=1S/C24H31ClN4O2S/c1-6-28(7-2)23(31)21-16(5)27-24-29(22(21)17-9-8-10-18(25)11-17)19(14-32-24)12-20(30)26-13-15(3)4/h8-11,14-15,22H,6-7,12-13H2,1-5H3,(H,26,30). The van der Waals surface area contributed by atoms with Gasteiger partial charge in [0, 0.05) is 30.4 Å². The highest BCUT2D eigenvalue weighted by Gasteiger charge is 2.41. The van der Waals surface area contributed by atoms with Gasteiger partial charge in [-0.15, -0.1) is 0 Å². The lowest BCUT2D eigenvalue weighted by molar-refractivity contribution is -0.127. The number of halogens is 1. The van der Waals surface area contributed by atoms with Gasteiger partial charge < -0.3 is 15.1 Å². The van der Waals surface area contributed by atoms with Crippen molar-refractivity contribution in [2.45, 2.75) is 47.1 Å². The molecule has 2 aliphatic rings. The summed E-state index contributed by atoms with van der Waals surface area (Å²) in [6.45, 7) is 11.8. The number of rotatable bonds is 8. The number of amidine groups is 1. The number of likely N-dealkylation sites (N-methyl/N-ethyl adjacent to an activating group) is 1. The van der Waals surface area contributed by atoms with E-state index < -0.39 is 6.04 Å². The van der Waals surface area contributed by atoms with Crippen molar-refractivity contribution in [3.8, 4) is 0 Å². The number of benzene rings is 1. The molecule has 8 heteroatoms. The fourth-order valence-electron chi connectivity index (χ4n) is 3.86. The van der Waals surface area contributed by atoms with E-state index in [1.165, 1.54) is 11.8 Å². The molecule has 0 spiro atoms. The number of hydrogen-bond acceptors (Lipinski definition) is 5. The lowest BCUT2D eigenvalue weighted by atomic mass is 9.92. The monoisotopic (exact) mass is 474 g/mol. The summed E-state index contributed by atoms with van der Waals surface area (Å²) in [6, 6.07) is 7.17. The molecule has 0 fully saturated rings. The highest BCUT2D eigenvalue weighted by Crippen LogP contribution is 2.45. The molecule has 1 aromatic carbocycles. The van der Waals surface area contributed by atoms with Crippen molar-refractivity contribution in [3.63, 3.8) is 0 Å². The summed E-state index contributed by atoms with van der Waals surface area (Å²) < 4.78 is 0. The number of aliphatic imine (C=N–C) groups is 1. The molecule has 6 nitrogen and oxygen atoms in total. The number of nitrogens with zero attached hydrogens (tertiary/aromatic N) is 3. The normalized spacial score (nSPS) is 17.8. The van der Waals surface area contributed by atoms with Gasteiger partial charge in [-0.25, -0.2) is 4.99 Å². The highest BCUT2D eigenvalue weighted by molar-refractivity contribution is 8.16. The van der Waals surface area contributed by atoms with E-state index in [0.717, 1.165) is 16.4 Å². The number of thioether (sulfide) groups is 1. The first-order chi connectivity index (χ1) is 15.3. The third-order valence-corrected chi connectivity index (χ3v) is 6.62. The maximum atomic E-state index is 13.6. The first-order valence-corrected chi connectivity index (χ1v) is 12.3. The second-order valence-corrected chi connectivity index (χ2v) is 9.57. The van der Waals surface area contributed by atoms with Gasteiger partial charge in [0.05, 0.1) is 23.7 Å². The zero-order valence-corrected chi connectivity index (χ0v) is 20.9. The molecule has 0 bridgehead atoms. The molecule has 32 heavy (non-hydrogen) atoms. The molecular formula is C24H31ClN4O2S. The summed E-state index contributed by atoms with van der Waals surface area (Å²) in [6.07, 6.45) is 0.224. The van der Waals surface area contributed by atoms with Crippen LogP contribution in [-0.4, -0.2) is 46.4 Å². The number of carbonyl (C=O) groups excluding carboxylic acids is 2. The van der Waals surface area contributed by atoms with E-state index in [-0.39, 0.29) is 18.2 Å². The smallest absolute Gasteiger partial charge is 0.254 e. The van der Waals surface area contributed by atoms with E-state index in [0.29, 0.717) is 41.8 Å². The molecule has 0 aliphatic carbocycles. The predicted molar refractivity (Wildman–Crippen MR) is 132 cm³/mol. The molecule has 0 radical (unpaired) electrons. The lowest BCUT2D eigenvalue weighted by Crippen LogP contribution is -2.42. The van der Waals surface area contributed by atoms with Gasteiger partial charge in [-0.2, -0.15) is 0 Å². The molecule has 2 aliphatic heterocycles. The van der Waals surface area contributed by atoms with Crippen LogP contribution in [0, 0.1) is 5.92 Å². The highest BCUT2D eigenvalue weighted by atomic mass is 35.5. The number of amides is 2. The van der Waals surface area contributed by atoms with Gasteiger partial charge in [-0.05, 0) is 49.8 Å². The van der Waals surface area contributed by atoms with Crippen LogP contribution in [0.15, 0.2) is 51.6 Å². The van der Waals surface area contributed by atoms with Crippen LogP contribution in [0.3, 0.4) is 0 Å². The summed E-state index contributed by atoms with van der Waals surface area (Å²) in [5.74, 6) is 0.293. The molecule has 1 unspecified atom stereocenters. The molecule has 3 rings (SSSR count). The first-order valence-electron chi connectivity index (χ1n) is 11.0. The zero-order valence-electron chi connectivity index (χ0n) is 19.3. The predicted octanol–water partition coefficient (Wildman–Crippen LogP) is 4.95. The van der Waals surface area contributed by atoms with Crippen molar-refractivity contribution in [1.29, 1.82) is 0 Å². The lowest BCUT2D eigenvalue weighted by Gasteiger charge is -2.38. The zero-order chi connectivity index (χ0) is 23.4. The van der Waals surface area contributed by atoms with Crippen molar-refractivity contribution < 1.29 is 9.59 Å². The van der Waals surface area contributed by atoms with Gasteiger partial charge in [0.2, 0.25) is 5.91 Å². The largest absolute Gasteiger partial charge is 0.356 e. The number of nitrogens with one attached hydrogen (secondary N) is 1. The summed E-state index contributed by atoms with van der Waals surface area (Å²) in [4.78, 5) is 34.8. The van der Waals surface area contributed by atoms with Gasteiger partial charge in [0.25, 0.3) is 5.91 Å². The van der Waals surface area contributed by atoms with Crippen LogP contribution < -0.4 is 5.32 Å². The molecule has 0 saturated heterocycles. The number of carbonyl (C=O) groups is 2. The Hall–Kier alpha value is -2.25. The fraction of sp³-hybridized carbons (Fsp3) is 0.458. The molecule has 0 aromatic heterocycles. The number of fused-ring (bicyclic) bond motifs is 1. The van der Waals surface area contributed by atoms with E-state index in [1.54, 1.807) is 4.90 Å². The molecule has 2 heterocycles. The van der Waals surface area contributed by atoms with Gasteiger partial charge in [0.15, 0.2) is 5.17 Å². The van der Waals surface area contributed by atoms with Crippen LogP contribution in [0.1, 0.15) is 52.6 Å². The molecular weight excluding hydrogens is 444 g/mol. The van der Waals surface area contributed by atoms with E-state index in [9.17, 15) is 9.59 Å². The van der Waals surface area contributed by atoms with Crippen LogP contribution in [0.25, 0.3) is 0 Å². The SMILES string of the molecule is CCN(CC)C(=O)C1=C(C)N=C2SC=C(CC(=O)NCC(C)C)N2C1c1cccc(Cl)c1. The van der Waals surface area contributed by atoms with Crippen LogP contribution in [0.4, 0.5) is 0 Å². The fourth-order valence-corrected chi connectivity index (χ4v) is 5.02. The van der Waals surface area contributed by atoms with Gasteiger partial charge in [-0.3, -0.25) is 9.59 Å². The Bertz CT molecular complexity index is 982. The minimum atomic E-state index is -0.395. The van der Waals surface area contributed by atoms with Gasteiger partial charge in [0.1, 0.15) is 0 Å². The molecule has 1 N–H and O–H groups in total. The van der Waals surface area contributed by atoms with Crippen LogP contribution in [-0.2, 0) is 9.59 Å². The summed E-state index contributed by atoms with van der Waals surface area (Å²) in [5, 5.41) is 6.32. The topological polar surface area (TPSA) is 65.0 Å². The maximum Gasteiger partial charge on any atom is 0.254 e. The quantitative estimate of drug-likeness (QED) is 0.579. The van der Waals surface area contributed by atoms with E-state index in [2.05, 4.69) is 19.2 Å². The minimum absolute atomic E-state index is 0.0409. The Balaban J connectivity index is 2.02. The van der Waals surface area contributed by atoms with E-state index >= 15 is 0 Å². The van der Waals surface area contributed by atoms with E-state index in [1.807, 2.05) is 55.3 Å². The second-order valence-electron chi connectivity index (χ2n) is 8.30. The Morgan fingerprint density at radius 3 is 2.62 bits per heavy atom. The average Bonchev–Trinajstić information content (AvgIpc) is 3.13. The third-order valence-electron chi connectivity index (χ3n) is 5.50. The van der Waals surface area contributed by atoms with Gasteiger partial charge >= 0.3 is 0 Å². The van der Waals surface area contributed by atoms with Crippen LogP contribution in [0.2, 0.25) is 5.02 Å².